The Morgan fingerprint density at radius 2 is 2.08 bits per heavy atom. The first-order valence-corrected chi connectivity index (χ1v) is 10.2. The average Bonchev–Trinajstić information content (AvgIpc) is 3.05. The number of aromatic nitrogens is 1. The third-order valence-corrected chi connectivity index (χ3v) is 6.10. The Labute approximate surface area is 156 Å². The Morgan fingerprint density at radius 3 is 2.96 bits per heavy atom. The van der Waals surface area contributed by atoms with E-state index in [0.717, 1.165) is 30.3 Å². The number of para-hydroxylation sites is 1. The summed E-state index contributed by atoms with van der Waals surface area (Å²) >= 11 is 0. The van der Waals surface area contributed by atoms with Crippen LogP contribution in [0.15, 0.2) is 30.5 Å². The number of esters is 1. The number of nitrogens with zero attached hydrogens (tertiary/aromatic N) is 2. The van der Waals surface area contributed by atoms with Gasteiger partial charge in [0.1, 0.15) is 0 Å². The molecule has 2 unspecified atom stereocenters. The Hall–Kier alpha value is -1.81. The molecule has 1 aromatic heterocycles. The summed E-state index contributed by atoms with van der Waals surface area (Å²) < 4.78 is 7.95. The fourth-order valence-corrected chi connectivity index (χ4v) is 4.73. The highest BCUT2D eigenvalue weighted by molar-refractivity contribution is 6.04. The first-order valence-electron chi connectivity index (χ1n) is 10.2. The molecule has 1 aromatic carbocycles. The van der Waals surface area contributed by atoms with Gasteiger partial charge in [-0.15, -0.1) is 0 Å². The minimum atomic E-state index is -0.165. The zero-order valence-electron chi connectivity index (χ0n) is 15.8. The minimum Gasteiger partial charge on any atom is -0.462 e. The molecule has 2 fully saturated rings. The summed E-state index contributed by atoms with van der Waals surface area (Å²) in [5, 5.41) is 1.01. The third kappa shape index (κ3) is 3.52. The molecule has 0 amide bonds. The number of ether oxygens (including phenoxy) is 1. The maximum Gasteiger partial charge on any atom is 0.340 e. The van der Waals surface area contributed by atoms with Crippen molar-refractivity contribution in [2.45, 2.75) is 58.0 Å². The van der Waals surface area contributed by atoms with Gasteiger partial charge in [-0.1, -0.05) is 31.5 Å². The lowest BCUT2D eigenvalue weighted by atomic mass is 9.86. The van der Waals surface area contributed by atoms with Crippen LogP contribution in [0.3, 0.4) is 0 Å². The zero-order valence-corrected chi connectivity index (χ0v) is 15.8. The zero-order chi connectivity index (χ0) is 17.9. The molecule has 140 valence electrons. The third-order valence-electron chi connectivity index (χ3n) is 6.10. The van der Waals surface area contributed by atoms with Gasteiger partial charge in [0, 0.05) is 29.7 Å². The van der Waals surface area contributed by atoms with E-state index < -0.39 is 0 Å². The highest BCUT2D eigenvalue weighted by atomic mass is 16.5. The van der Waals surface area contributed by atoms with Gasteiger partial charge < -0.3 is 14.2 Å². The van der Waals surface area contributed by atoms with Crippen molar-refractivity contribution in [1.29, 1.82) is 0 Å². The Balaban J connectivity index is 1.41. The molecule has 4 heteroatoms. The largest absolute Gasteiger partial charge is 0.462 e. The molecule has 2 aliphatic heterocycles. The van der Waals surface area contributed by atoms with Crippen molar-refractivity contribution >= 4 is 16.9 Å². The molecule has 2 aliphatic rings. The smallest absolute Gasteiger partial charge is 0.340 e. The molecule has 0 aliphatic carbocycles. The molecular formula is C22H30N2O2. The minimum absolute atomic E-state index is 0.165. The topological polar surface area (TPSA) is 34.5 Å². The number of piperidine rings is 2. The molecule has 0 saturated carbocycles. The molecule has 4 nitrogen and oxygen atoms in total. The van der Waals surface area contributed by atoms with E-state index in [2.05, 4.69) is 22.5 Å². The van der Waals surface area contributed by atoms with E-state index in [9.17, 15) is 4.79 Å². The van der Waals surface area contributed by atoms with Crippen LogP contribution in [0, 0.1) is 5.92 Å². The van der Waals surface area contributed by atoms with Crippen LogP contribution < -0.4 is 0 Å². The molecule has 0 radical (unpaired) electrons. The van der Waals surface area contributed by atoms with Crippen molar-refractivity contribution in [3.8, 4) is 0 Å². The SMILES string of the molecule is CCCn1cc(C(=O)OCC2CCN3CCCCC3C2)c2ccccc21. The van der Waals surface area contributed by atoms with Crippen LogP contribution in [0.4, 0.5) is 0 Å². The van der Waals surface area contributed by atoms with Gasteiger partial charge in [-0.2, -0.15) is 0 Å². The lowest BCUT2D eigenvalue weighted by Crippen LogP contribution is -2.46. The normalized spacial score (nSPS) is 23.7. The van der Waals surface area contributed by atoms with Crippen LogP contribution in [0.2, 0.25) is 0 Å². The van der Waals surface area contributed by atoms with Gasteiger partial charge in [0.2, 0.25) is 0 Å². The fraction of sp³-hybridized carbons (Fsp3) is 0.591. The lowest BCUT2D eigenvalue weighted by Gasteiger charge is -2.42. The maximum absolute atomic E-state index is 12.8. The molecule has 2 aromatic rings. The molecule has 0 spiro atoms. The number of aryl methyl sites for hydroxylation is 1. The first-order chi connectivity index (χ1) is 12.8. The summed E-state index contributed by atoms with van der Waals surface area (Å²) in [5.41, 5.74) is 1.83. The summed E-state index contributed by atoms with van der Waals surface area (Å²) in [6.45, 7) is 6.07. The van der Waals surface area contributed by atoms with E-state index in [1.807, 2.05) is 24.4 Å². The molecular weight excluding hydrogens is 324 g/mol. The van der Waals surface area contributed by atoms with Crippen LogP contribution in [0.1, 0.15) is 55.8 Å². The Kier molecular flexibility index (Phi) is 5.30. The number of fused-ring (bicyclic) bond motifs is 2. The monoisotopic (exact) mass is 354 g/mol. The highest BCUT2D eigenvalue weighted by Crippen LogP contribution is 2.30. The first kappa shape index (κ1) is 17.6. The van der Waals surface area contributed by atoms with Crippen molar-refractivity contribution in [3.63, 3.8) is 0 Å². The molecule has 3 heterocycles. The van der Waals surface area contributed by atoms with E-state index in [0.29, 0.717) is 24.1 Å². The van der Waals surface area contributed by atoms with Crippen LogP contribution in [-0.4, -0.2) is 41.2 Å². The number of rotatable bonds is 5. The van der Waals surface area contributed by atoms with Crippen LogP contribution in [0.25, 0.3) is 10.9 Å². The molecule has 26 heavy (non-hydrogen) atoms. The van der Waals surface area contributed by atoms with Gasteiger partial charge in [0.15, 0.2) is 0 Å². The van der Waals surface area contributed by atoms with Gasteiger partial charge in [-0.25, -0.2) is 4.79 Å². The van der Waals surface area contributed by atoms with E-state index in [1.54, 1.807) is 0 Å². The molecule has 2 saturated heterocycles. The van der Waals surface area contributed by atoms with Gasteiger partial charge in [0.05, 0.1) is 12.2 Å². The van der Waals surface area contributed by atoms with Crippen molar-refractivity contribution in [1.82, 2.24) is 9.47 Å². The summed E-state index contributed by atoms with van der Waals surface area (Å²) in [5.74, 6) is 0.351. The van der Waals surface area contributed by atoms with E-state index in [1.165, 1.54) is 38.8 Å². The predicted molar refractivity (Wildman–Crippen MR) is 104 cm³/mol. The standard InChI is InChI=1S/C22H30N2O2/c1-2-11-24-15-20(19-8-3-4-9-21(19)24)22(25)26-16-17-10-13-23-12-6-5-7-18(23)14-17/h3-4,8-9,15,17-18H,2,5-7,10-14,16H2,1H3. The van der Waals surface area contributed by atoms with Gasteiger partial charge in [-0.05, 0) is 57.2 Å². The molecule has 0 N–H and O–H groups in total. The quantitative estimate of drug-likeness (QED) is 0.743. The summed E-state index contributed by atoms with van der Waals surface area (Å²) in [6, 6.07) is 8.85. The highest BCUT2D eigenvalue weighted by Gasteiger charge is 2.30. The summed E-state index contributed by atoms with van der Waals surface area (Å²) in [7, 11) is 0. The lowest BCUT2D eigenvalue weighted by molar-refractivity contribution is 0.0235. The van der Waals surface area contributed by atoms with Gasteiger partial charge >= 0.3 is 5.97 Å². The van der Waals surface area contributed by atoms with E-state index in [-0.39, 0.29) is 5.97 Å². The van der Waals surface area contributed by atoms with Crippen molar-refractivity contribution in [3.05, 3.63) is 36.0 Å². The summed E-state index contributed by atoms with van der Waals surface area (Å²) in [4.78, 5) is 15.4. The summed E-state index contributed by atoms with van der Waals surface area (Å²) in [6.07, 6.45) is 9.37. The Morgan fingerprint density at radius 1 is 1.19 bits per heavy atom. The molecule has 2 atom stereocenters. The maximum atomic E-state index is 12.8. The molecule has 0 bridgehead atoms. The Bertz CT molecular complexity index is 767. The van der Waals surface area contributed by atoms with Crippen LogP contribution in [0.5, 0.6) is 0 Å². The van der Waals surface area contributed by atoms with E-state index >= 15 is 0 Å². The number of hydrogen-bond acceptors (Lipinski definition) is 3. The van der Waals surface area contributed by atoms with Crippen LogP contribution in [-0.2, 0) is 11.3 Å². The average molecular weight is 354 g/mol. The fourth-order valence-electron chi connectivity index (χ4n) is 4.73. The number of hydrogen-bond donors (Lipinski definition) is 0. The second-order valence-corrected chi connectivity index (χ2v) is 7.93. The van der Waals surface area contributed by atoms with Crippen molar-refractivity contribution in [2.24, 2.45) is 5.92 Å². The predicted octanol–water partition coefficient (Wildman–Crippen LogP) is 4.47. The molecule has 4 rings (SSSR count). The second-order valence-electron chi connectivity index (χ2n) is 7.93. The number of carbonyl (C=O) groups is 1. The number of carbonyl (C=O) groups excluding carboxylic acids is 1. The second kappa shape index (κ2) is 7.83. The van der Waals surface area contributed by atoms with Gasteiger partial charge in [0.25, 0.3) is 0 Å². The van der Waals surface area contributed by atoms with Crippen molar-refractivity contribution in [2.75, 3.05) is 19.7 Å². The number of benzene rings is 1. The van der Waals surface area contributed by atoms with E-state index in [4.69, 9.17) is 4.74 Å². The van der Waals surface area contributed by atoms with Crippen LogP contribution >= 0.6 is 0 Å². The van der Waals surface area contributed by atoms with Gasteiger partial charge in [-0.3, -0.25) is 0 Å². The van der Waals surface area contributed by atoms with Crippen molar-refractivity contribution < 1.29 is 9.53 Å².